The number of aromatic nitrogens is 2. The van der Waals surface area contributed by atoms with Crippen molar-refractivity contribution in [2.75, 3.05) is 26.9 Å². The normalized spacial score (nSPS) is 12.3. The summed E-state index contributed by atoms with van der Waals surface area (Å²) in [5, 5.41) is 5.71. The van der Waals surface area contributed by atoms with Gasteiger partial charge in [0.2, 0.25) is 0 Å². The number of carbonyl (C=O) groups is 1. The standard InChI is InChI=1S/C19H21FN4OS2/c1-23(2)15(17-5-4-10-27-17)11-21-18(25)16-12-22-19(26-3)24(16)14-8-6-13(20)7-9-14/h4-10,12,15H,11H2,1-3H3,(H,21,25). The maximum absolute atomic E-state index is 13.3. The van der Waals surface area contributed by atoms with E-state index in [1.807, 2.05) is 31.8 Å². The average molecular weight is 405 g/mol. The van der Waals surface area contributed by atoms with Gasteiger partial charge < -0.3 is 10.2 Å². The summed E-state index contributed by atoms with van der Waals surface area (Å²) in [6, 6.07) is 10.2. The Morgan fingerprint density at radius 3 is 2.67 bits per heavy atom. The van der Waals surface area contributed by atoms with E-state index in [0.29, 0.717) is 23.1 Å². The van der Waals surface area contributed by atoms with E-state index in [0.717, 1.165) is 0 Å². The highest BCUT2D eigenvalue weighted by molar-refractivity contribution is 7.98. The van der Waals surface area contributed by atoms with Gasteiger partial charge >= 0.3 is 0 Å². The SMILES string of the molecule is CSc1ncc(C(=O)NCC(c2cccs2)N(C)C)n1-c1ccc(F)cc1. The minimum atomic E-state index is -0.319. The number of likely N-dealkylation sites (N-methyl/N-ethyl adjacent to an activating group) is 1. The van der Waals surface area contributed by atoms with E-state index < -0.39 is 0 Å². The van der Waals surface area contributed by atoms with E-state index in [4.69, 9.17) is 0 Å². The van der Waals surface area contributed by atoms with Crippen LogP contribution in [0.15, 0.2) is 53.1 Å². The van der Waals surface area contributed by atoms with Crippen molar-refractivity contribution in [2.24, 2.45) is 0 Å². The van der Waals surface area contributed by atoms with E-state index in [1.165, 1.54) is 28.8 Å². The predicted molar refractivity (Wildman–Crippen MR) is 108 cm³/mol. The Balaban J connectivity index is 1.83. The minimum absolute atomic E-state index is 0.0937. The first kappa shape index (κ1) is 19.6. The first-order valence-electron chi connectivity index (χ1n) is 8.37. The second-order valence-electron chi connectivity index (χ2n) is 6.15. The van der Waals surface area contributed by atoms with Crippen molar-refractivity contribution in [1.29, 1.82) is 0 Å². The molecule has 1 amide bonds. The molecular weight excluding hydrogens is 383 g/mol. The molecule has 1 unspecified atom stereocenters. The van der Waals surface area contributed by atoms with Crippen molar-refractivity contribution in [1.82, 2.24) is 19.8 Å². The van der Waals surface area contributed by atoms with Crippen LogP contribution >= 0.6 is 23.1 Å². The molecule has 0 aliphatic heterocycles. The molecule has 0 fully saturated rings. The van der Waals surface area contributed by atoms with Crippen LogP contribution in [-0.2, 0) is 0 Å². The van der Waals surface area contributed by atoms with Crippen molar-refractivity contribution >= 4 is 29.0 Å². The zero-order chi connectivity index (χ0) is 19.4. The lowest BCUT2D eigenvalue weighted by Gasteiger charge is -2.23. The van der Waals surface area contributed by atoms with Crippen LogP contribution in [0, 0.1) is 5.82 Å². The summed E-state index contributed by atoms with van der Waals surface area (Å²) < 4.78 is 15.0. The van der Waals surface area contributed by atoms with Crippen LogP contribution in [0.1, 0.15) is 21.4 Å². The van der Waals surface area contributed by atoms with Gasteiger partial charge in [0.25, 0.3) is 5.91 Å². The molecule has 1 N–H and O–H groups in total. The number of amides is 1. The van der Waals surface area contributed by atoms with E-state index in [2.05, 4.69) is 21.3 Å². The van der Waals surface area contributed by atoms with Crippen molar-refractivity contribution in [2.45, 2.75) is 11.2 Å². The van der Waals surface area contributed by atoms with Gasteiger partial charge in [-0.2, -0.15) is 0 Å². The van der Waals surface area contributed by atoms with Gasteiger partial charge in [-0.15, -0.1) is 11.3 Å². The summed E-state index contributed by atoms with van der Waals surface area (Å²) in [5.74, 6) is -0.532. The third-order valence-corrected chi connectivity index (χ3v) is 5.81. The quantitative estimate of drug-likeness (QED) is 0.608. The summed E-state index contributed by atoms with van der Waals surface area (Å²) in [5.41, 5.74) is 1.13. The number of halogens is 1. The highest BCUT2D eigenvalue weighted by Crippen LogP contribution is 2.24. The van der Waals surface area contributed by atoms with Crippen molar-refractivity contribution in [3.8, 4) is 5.69 Å². The molecule has 3 aromatic rings. The number of benzene rings is 1. The highest BCUT2D eigenvalue weighted by Gasteiger charge is 2.21. The lowest BCUT2D eigenvalue weighted by atomic mass is 10.2. The van der Waals surface area contributed by atoms with Crippen molar-refractivity contribution in [3.05, 3.63) is 64.4 Å². The molecule has 0 radical (unpaired) electrons. The second kappa shape index (κ2) is 8.69. The fraction of sp³-hybridized carbons (Fsp3) is 0.263. The van der Waals surface area contributed by atoms with Gasteiger partial charge in [-0.05, 0) is 56.1 Å². The smallest absolute Gasteiger partial charge is 0.270 e. The van der Waals surface area contributed by atoms with Gasteiger partial charge in [0.1, 0.15) is 11.5 Å². The Morgan fingerprint density at radius 1 is 1.33 bits per heavy atom. The summed E-state index contributed by atoms with van der Waals surface area (Å²) in [6.07, 6.45) is 3.45. The number of thioether (sulfide) groups is 1. The van der Waals surface area contributed by atoms with E-state index in [1.54, 1.807) is 34.2 Å². The molecule has 142 valence electrons. The molecule has 1 aromatic carbocycles. The van der Waals surface area contributed by atoms with Crippen LogP contribution in [0.2, 0.25) is 0 Å². The Bertz CT molecular complexity index is 891. The van der Waals surface area contributed by atoms with Crippen molar-refractivity contribution < 1.29 is 9.18 Å². The van der Waals surface area contributed by atoms with Crippen molar-refractivity contribution in [3.63, 3.8) is 0 Å². The fourth-order valence-electron chi connectivity index (χ4n) is 2.78. The molecular formula is C19H21FN4OS2. The third-order valence-electron chi connectivity index (χ3n) is 4.18. The monoisotopic (exact) mass is 404 g/mol. The minimum Gasteiger partial charge on any atom is -0.349 e. The first-order chi connectivity index (χ1) is 13.0. The zero-order valence-corrected chi connectivity index (χ0v) is 17.0. The molecule has 27 heavy (non-hydrogen) atoms. The molecule has 3 rings (SSSR count). The lowest BCUT2D eigenvalue weighted by molar-refractivity contribution is 0.0935. The van der Waals surface area contributed by atoms with Gasteiger partial charge in [0.05, 0.1) is 12.2 Å². The Labute approximate surface area is 166 Å². The van der Waals surface area contributed by atoms with Crippen LogP contribution in [0.5, 0.6) is 0 Å². The number of nitrogens with one attached hydrogen (secondary N) is 1. The number of hydrogen-bond acceptors (Lipinski definition) is 5. The number of thiophene rings is 1. The molecule has 2 aromatic heterocycles. The summed E-state index contributed by atoms with van der Waals surface area (Å²) in [4.78, 5) is 20.5. The Morgan fingerprint density at radius 2 is 2.07 bits per heavy atom. The number of hydrogen-bond donors (Lipinski definition) is 1. The molecule has 5 nitrogen and oxygen atoms in total. The zero-order valence-electron chi connectivity index (χ0n) is 15.3. The second-order valence-corrected chi connectivity index (χ2v) is 7.90. The maximum atomic E-state index is 13.3. The summed E-state index contributed by atoms with van der Waals surface area (Å²) in [7, 11) is 3.98. The molecule has 0 bridgehead atoms. The number of imidazole rings is 1. The molecule has 0 saturated heterocycles. The Kier molecular flexibility index (Phi) is 6.30. The molecule has 8 heteroatoms. The van der Waals surface area contributed by atoms with Crippen LogP contribution in [0.25, 0.3) is 5.69 Å². The van der Waals surface area contributed by atoms with E-state index in [9.17, 15) is 9.18 Å². The average Bonchev–Trinajstić information content (AvgIpc) is 3.31. The van der Waals surface area contributed by atoms with Crippen LogP contribution < -0.4 is 5.32 Å². The molecule has 0 saturated carbocycles. The highest BCUT2D eigenvalue weighted by atomic mass is 32.2. The fourth-order valence-corrected chi connectivity index (χ4v) is 4.24. The van der Waals surface area contributed by atoms with Gasteiger partial charge in [0, 0.05) is 17.1 Å². The topological polar surface area (TPSA) is 50.2 Å². The molecule has 0 aliphatic rings. The number of rotatable bonds is 7. The number of carbonyl (C=O) groups excluding carboxylic acids is 1. The van der Waals surface area contributed by atoms with Gasteiger partial charge in [-0.1, -0.05) is 17.8 Å². The van der Waals surface area contributed by atoms with Crippen LogP contribution in [0.4, 0.5) is 4.39 Å². The lowest BCUT2D eigenvalue weighted by Crippen LogP contribution is -2.35. The van der Waals surface area contributed by atoms with E-state index in [-0.39, 0.29) is 17.8 Å². The molecule has 2 heterocycles. The first-order valence-corrected chi connectivity index (χ1v) is 10.5. The molecule has 1 atom stereocenters. The molecule has 0 spiro atoms. The van der Waals surface area contributed by atoms with E-state index >= 15 is 0 Å². The number of nitrogens with zero attached hydrogens (tertiary/aromatic N) is 3. The summed E-state index contributed by atoms with van der Waals surface area (Å²) in [6.45, 7) is 0.482. The van der Waals surface area contributed by atoms with Gasteiger partial charge in [-0.3, -0.25) is 9.36 Å². The van der Waals surface area contributed by atoms with Gasteiger partial charge in [0.15, 0.2) is 5.16 Å². The summed E-state index contributed by atoms with van der Waals surface area (Å²) >= 11 is 3.10. The Hall–Kier alpha value is -2.16. The van der Waals surface area contributed by atoms with Crippen LogP contribution in [0.3, 0.4) is 0 Å². The van der Waals surface area contributed by atoms with Crippen LogP contribution in [-0.4, -0.2) is 47.3 Å². The van der Waals surface area contributed by atoms with Gasteiger partial charge in [-0.25, -0.2) is 9.37 Å². The molecule has 0 aliphatic carbocycles. The predicted octanol–water partition coefficient (Wildman–Crippen LogP) is 3.83. The largest absolute Gasteiger partial charge is 0.349 e. The third kappa shape index (κ3) is 4.40. The maximum Gasteiger partial charge on any atom is 0.270 e.